The summed E-state index contributed by atoms with van der Waals surface area (Å²) in [6.07, 6.45) is 38.5. The fourth-order valence-electron chi connectivity index (χ4n) is 5.25. The molecule has 2 unspecified atom stereocenters. The number of rotatable bonds is 36. The van der Waals surface area contributed by atoms with Crippen LogP contribution in [0, 0.1) is 0 Å². The summed E-state index contributed by atoms with van der Waals surface area (Å²) in [6.45, 7) is 4.04. The standard InChI is InChI=1S/C42H76NO8P/c1-6-8-10-12-14-16-18-20-21-23-25-27-29-31-33-35-42(45)51-40(39-50-52(46,47)49-37-36-43(3,4)5)38-48-41(44)34-32-30-28-26-24-22-19-17-15-13-11-9-7-2/h8,10,12,14,16,18,20-21,40H,6-7,9,11,13,15,17,19,22-39H2,1-5H3/b10-8-,14-12+,18-16+,21-20-. The van der Waals surface area contributed by atoms with Crippen LogP contribution in [0.2, 0.25) is 0 Å². The molecule has 10 heteroatoms. The van der Waals surface area contributed by atoms with Gasteiger partial charge in [-0.25, -0.2) is 0 Å². The van der Waals surface area contributed by atoms with Gasteiger partial charge in [-0.3, -0.25) is 14.2 Å². The van der Waals surface area contributed by atoms with Crippen molar-refractivity contribution in [2.45, 2.75) is 161 Å². The van der Waals surface area contributed by atoms with Crippen molar-refractivity contribution in [1.29, 1.82) is 0 Å². The highest BCUT2D eigenvalue weighted by Crippen LogP contribution is 2.38. The van der Waals surface area contributed by atoms with Crippen LogP contribution in [0.3, 0.4) is 0 Å². The fourth-order valence-corrected chi connectivity index (χ4v) is 5.98. The highest BCUT2D eigenvalue weighted by molar-refractivity contribution is 7.45. The molecular weight excluding hydrogens is 677 g/mol. The first kappa shape index (κ1) is 50.0. The molecule has 0 aromatic rings. The number of esters is 2. The zero-order valence-corrected chi connectivity index (χ0v) is 34.6. The average Bonchev–Trinajstić information content (AvgIpc) is 3.09. The summed E-state index contributed by atoms with van der Waals surface area (Å²) in [7, 11) is 1.14. The van der Waals surface area contributed by atoms with E-state index in [4.69, 9.17) is 18.5 Å². The second-order valence-electron chi connectivity index (χ2n) is 14.7. The van der Waals surface area contributed by atoms with Gasteiger partial charge in [-0.2, -0.15) is 0 Å². The largest absolute Gasteiger partial charge is 0.756 e. The number of carbonyl (C=O) groups excluding carboxylic acids is 2. The molecule has 0 bridgehead atoms. The molecule has 0 aliphatic carbocycles. The summed E-state index contributed by atoms with van der Waals surface area (Å²) in [6, 6.07) is 0. The first-order valence-corrected chi connectivity index (χ1v) is 21.9. The van der Waals surface area contributed by atoms with Crippen molar-refractivity contribution in [3.8, 4) is 0 Å². The summed E-state index contributed by atoms with van der Waals surface area (Å²) < 4.78 is 33.8. The minimum absolute atomic E-state index is 0.0367. The lowest BCUT2D eigenvalue weighted by atomic mass is 10.0. The Morgan fingerprint density at radius 1 is 0.615 bits per heavy atom. The molecule has 0 spiro atoms. The molecule has 0 fully saturated rings. The van der Waals surface area contributed by atoms with Gasteiger partial charge in [-0.15, -0.1) is 0 Å². The lowest BCUT2D eigenvalue weighted by Gasteiger charge is -2.28. The van der Waals surface area contributed by atoms with E-state index in [1.54, 1.807) is 0 Å². The molecule has 0 aromatic carbocycles. The van der Waals surface area contributed by atoms with Crippen molar-refractivity contribution in [2.75, 3.05) is 47.5 Å². The maximum atomic E-state index is 12.6. The molecule has 0 N–H and O–H groups in total. The van der Waals surface area contributed by atoms with E-state index >= 15 is 0 Å². The molecular formula is C42H76NO8P. The van der Waals surface area contributed by atoms with Crippen molar-refractivity contribution in [3.05, 3.63) is 48.6 Å². The topological polar surface area (TPSA) is 111 Å². The van der Waals surface area contributed by atoms with Gasteiger partial charge < -0.3 is 27.9 Å². The van der Waals surface area contributed by atoms with E-state index < -0.39 is 32.5 Å². The predicted octanol–water partition coefficient (Wildman–Crippen LogP) is 10.5. The summed E-state index contributed by atoms with van der Waals surface area (Å²) >= 11 is 0. The van der Waals surface area contributed by atoms with Crippen molar-refractivity contribution in [1.82, 2.24) is 0 Å². The molecule has 0 saturated carbocycles. The van der Waals surface area contributed by atoms with Crippen LogP contribution in [0.25, 0.3) is 0 Å². The zero-order valence-electron chi connectivity index (χ0n) is 33.7. The van der Waals surface area contributed by atoms with Gasteiger partial charge in [0.2, 0.25) is 0 Å². The van der Waals surface area contributed by atoms with Gasteiger partial charge in [0.1, 0.15) is 19.8 Å². The quantitative estimate of drug-likeness (QED) is 0.0204. The third-order valence-corrected chi connectivity index (χ3v) is 9.42. The second kappa shape index (κ2) is 34.7. The van der Waals surface area contributed by atoms with Gasteiger partial charge in [0.15, 0.2) is 6.10 Å². The summed E-state index contributed by atoms with van der Waals surface area (Å²) in [4.78, 5) is 37.4. The van der Waals surface area contributed by atoms with Gasteiger partial charge in [-0.05, 0) is 32.1 Å². The van der Waals surface area contributed by atoms with Gasteiger partial charge in [0.25, 0.3) is 7.82 Å². The minimum Gasteiger partial charge on any atom is -0.756 e. The van der Waals surface area contributed by atoms with Crippen LogP contribution in [-0.2, 0) is 32.7 Å². The van der Waals surface area contributed by atoms with Gasteiger partial charge in [-0.1, -0.05) is 159 Å². The number of allylic oxidation sites excluding steroid dienone is 8. The molecule has 0 saturated heterocycles. The van der Waals surface area contributed by atoms with Crippen molar-refractivity contribution < 1.29 is 42.1 Å². The lowest BCUT2D eigenvalue weighted by molar-refractivity contribution is -0.870. The molecule has 2 atom stereocenters. The average molecular weight is 754 g/mol. The van der Waals surface area contributed by atoms with E-state index in [2.05, 4.69) is 32.1 Å². The Hall–Kier alpha value is -2.03. The van der Waals surface area contributed by atoms with Crippen LogP contribution in [0.15, 0.2) is 48.6 Å². The van der Waals surface area contributed by atoms with E-state index in [1.807, 2.05) is 51.5 Å². The van der Waals surface area contributed by atoms with Crippen LogP contribution < -0.4 is 4.89 Å². The summed E-state index contributed by atoms with van der Waals surface area (Å²) in [5.41, 5.74) is 0. The number of phosphoric ester groups is 1. The highest BCUT2D eigenvalue weighted by atomic mass is 31.2. The maximum Gasteiger partial charge on any atom is 0.306 e. The Morgan fingerprint density at radius 2 is 1.10 bits per heavy atom. The molecule has 0 heterocycles. The molecule has 0 aliphatic rings. The van der Waals surface area contributed by atoms with E-state index in [1.165, 1.54) is 64.2 Å². The van der Waals surface area contributed by atoms with Gasteiger partial charge in [0, 0.05) is 12.8 Å². The first-order chi connectivity index (χ1) is 25.0. The third-order valence-electron chi connectivity index (χ3n) is 8.46. The highest BCUT2D eigenvalue weighted by Gasteiger charge is 2.21. The number of nitrogens with zero attached hydrogens (tertiary/aromatic N) is 1. The minimum atomic E-state index is -4.63. The smallest absolute Gasteiger partial charge is 0.306 e. The number of ether oxygens (including phenoxy) is 2. The van der Waals surface area contributed by atoms with Crippen LogP contribution in [0.5, 0.6) is 0 Å². The van der Waals surface area contributed by atoms with Crippen LogP contribution in [-0.4, -0.2) is 70.0 Å². The Kier molecular flexibility index (Phi) is 33.4. The number of likely N-dealkylation sites (N-methyl/N-ethyl adjacent to an activating group) is 1. The zero-order chi connectivity index (χ0) is 38.6. The van der Waals surface area contributed by atoms with Crippen molar-refractivity contribution >= 4 is 19.8 Å². The van der Waals surface area contributed by atoms with Crippen LogP contribution >= 0.6 is 7.82 Å². The fraction of sp³-hybridized carbons (Fsp3) is 0.762. The molecule has 302 valence electrons. The number of phosphoric acid groups is 1. The Morgan fingerprint density at radius 3 is 1.63 bits per heavy atom. The molecule has 0 aliphatic heterocycles. The number of hydrogen-bond donors (Lipinski definition) is 0. The predicted molar refractivity (Wildman–Crippen MR) is 213 cm³/mol. The maximum absolute atomic E-state index is 12.6. The summed E-state index contributed by atoms with van der Waals surface area (Å²) in [5.74, 6) is -0.863. The Bertz CT molecular complexity index is 1030. The number of unbranched alkanes of at least 4 members (excludes halogenated alkanes) is 17. The lowest BCUT2D eigenvalue weighted by Crippen LogP contribution is -2.37. The molecule has 52 heavy (non-hydrogen) atoms. The molecule has 0 rings (SSSR count). The van der Waals surface area contributed by atoms with Crippen LogP contribution in [0.1, 0.15) is 155 Å². The number of quaternary nitrogens is 1. The molecule has 0 aromatic heterocycles. The Balaban J connectivity index is 4.45. The molecule has 0 radical (unpaired) electrons. The first-order valence-electron chi connectivity index (χ1n) is 20.4. The van der Waals surface area contributed by atoms with Crippen molar-refractivity contribution in [2.24, 2.45) is 0 Å². The van der Waals surface area contributed by atoms with Gasteiger partial charge >= 0.3 is 11.9 Å². The Labute approximate surface area is 318 Å². The SMILES string of the molecule is CC\C=C/C=C/C=C/C=C\CCCCCCCC(=O)OC(COC(=O)CCCCCCCCCCCCCCC)COP(=O)([O-])OCC[N+](C)(C)C. The number of hydrogen-bond acceptors (Lipinski definition) is 8. The van der Waals surface area contributed by atoms with E-state index in [-0.39, 0.29) is 26.1 Å². The van der Waals surface area contributed by atoms with Gasteiger partial charge in [0.05, 0.1) is 27.7 Å². The molecule has 0 amide bonds. The normalized spacial score (nSPS) is 14.2. The van der Waals surface area contributed by atoms with E-state index in [9.17, 15) is 19.0 Å². The third kappa shape index (κ3) is 37.7. The van der Waals surface area contributed by atoms with Crippen LogP contribution in [0.4, 0.5) is 0 Å². The van der Waals surface area contributed by atoms with E-state index in [0.29, 0.717) is 17.4 Å². The van der Waals surface area contributed by atoms with E-state index in [0.717, 1.165) is 57.8 Å². The molecule has 9 nitrogen and oxygen atoms in total. The van der Waals surface area contributed by atoms with Crippen molar-refractivity contribution in [3.63, 3.8) is 0 Å². The summed E-state index contributed by atoms with van der Waals surface area (Å²) in [5, 5.41) is 0. The second-order valence-corrected chi connectivity index (χ2v) is 16.1. The monoisotopic (exact) mass is 754 g/mol. The number of carbonyl (C=O) groups is 2.